The van der Waals surface area contributed by atoms with Crippen molar-refractivity contribution in [1.29, 1.82) is 0 Å². The highest BCUT2D eigenvalue weighted by atomic mass is 16.3. The van der Waals surface area contributed by atoms with Crippen molar-refractivity contribution in [2.45, 2.75) is 64.4 Å². The Hall–Kier alpha value is -0.890. The second kappa shape index (κ2) is 5.58. The average molecular weight is 314 g/mol. The van der Waals surface area contributed by atoms with Crippen LogP contribution in [0.2, 0.25) is 0 Å². The van der Waals surface area contributed by atoms with Crippen molar-refractivity contribution in [2.24, 2.45) is 35.0 Å². The first-order valence-corrected chi connectivity index (χ1v) is 9.57. The average Bonchev–Trinajstić information content (AvgIpc) is 2.83. The van der Waals surface area contributed by atoms with E-state index in [0.29, 0.717) is 23.5 Å². The molecule has 0 aromatic rings. The zero-order chi connectivity index (χ0) is 16.2. The van der Waals surface area contributed by atoms with Gasteiger partial charge in [-0.15, -0.1) is 6.58 Å². The molecule has 2 heteroatoms. The number of carbonyl (C=O) groups excluding carboxylic acids is 1. The topological polar surface area (TPSA) is 37.3 Å². The monoisotopic (exact) mass is 314 g/mol. The Balaban J connectivity index is 1.70. The summed E-state index contributed by atoms with van der Waals surface area (Å²) >= 11 is 0. The Morgan fingerprint density at radius 3 is 2.96 bits per heavy atom. The fourth-order valence-electron chi connectivity index (χ4n) is 6.81. The van der Waals surface area contributed by atoms with E-state index in [0.717, 1.165) is 43.9 Å². The number of carbonyl (C=O) groups is 1. The van der Waals surface area contributed by atoms with Gasteiger partial charge in [0.25, 0.3) is 0 Å². The third kappa shape index (κ3) is 2.28. The Morgan fingerprint density at radius 2 is 2.17 bits per heavy atom. The van der Waals surface area contributed by atoms with Crippen LogP contribution in [0.4, 0.5) is 0 Å². The second-order valence-corrected chi connectivity index (χ2v) is 8.80. The van der Waals surface area contributed by atoms with E-state index >= 15 is 0 Å². The molecule has 4 rings (SSSR count). The van der Waals surface area contributed by atoms with Gasteiger partial charge in [-0.3, -0.25) is 4.79 Å². The maximum atomic E-state index is 11.9. The van der Waals surface area contributed by atoms with Crippen LogP contribution in [-0.4, -0.2) is 17.0 Å². The molecular formula is C21H30O2. The summed E-state index contributed by atoms with van der Waals surface area (Å²) in [6, 6.07) is 0. The Labute approximate surface area is 140 Å². The minimum atomic E-state index is -0.109. The molecular weight excluding hydrogens is 284 g/mol. The SMILES string of the molecule is C=CC[C@@H]1CC2=CC(=O)CC[C@@H]2[C@H]2CC[C@]3(C)[C@@H](O)CC[C@H]3[C@H]12. The molecule has 0 radical (unpaired) electrons. The molecule has 3 saturated carbocycles. The van der Waals surface area contributed by atoms with Gasteiger partial charge < -0.3 is 5.11 Å². The van der Waals surface area contributed by atoms with Crippen LogP contribution in [0.3, 0.4) is 0 Å². The van der Waals surface area contributed by atoms with Crippen LogP contribution >= 0.6 is 0 Å². The summed E-state index contributed by atoms with van der Waals surface area (Å²) in [6.45, 7) is 6.33. The van der Waals surface area contributed by atoms with Gasteiger partial charge in [0.15, 0.2) is 5.78 Å². The van der Waals surface area contributed by atoms with Crippen molar-refractivity contribution >= 4 is 5.78 Å². The molecule has 2 nitrogen and oxygen atoms in total. The standard InChI is InChI=1S/C21H30O2/c1-3-4-13-11-14-12-15(22)5-6-16(14)17-9-10-21(2)18(20(13)17)7-8-19(21)23/h3,12-13,16-20,23H,1,4-11H2,2H3/t13-,16+,17-,18+,19+,20-,21+/m1/s1. The number of aliphatic hydroxyl groups excluding tert-OH is 1. The molecule has 4 aliphatic carbocycles. The number of allylic oxidation sites excluding steroid dienone is 2. The van der Waals surface area contributed by atoms with Crippen LogP contribution in [0.1, 0.15) is 58.3 Å². The van der Waals surface area contributed by atoms with Crippen LogP contribution in [0.5, 0.6) is 0 Å². The van der Waals surface area contributed by atoms with Crippen molar-refractivity contribution in [3.8, 4) is 0 Å². The van der Waals surface area contributed by atoms with Gasteiger partial charge in [0, 0.05) is 6.42 Å². The molecule has 126 valence electrons. The molecule has 0 heterocycles. The van der Waals surface area contributed by atoms with Crippen LogP contribution in [0.15, 0.2) is 24.3 Å². The predicted octanol–water partition coefficient (Wildman–Crippen LogP) is 4.29. The number of fused-ring (bicyclic) bond motifs is 5. The van der Waals surface area contributed by atoms with Gasteiger partial charge >= 0.3 is 0 Å². The highest BCUT2D eigenvalue weighted by Gasteiger charge is 2.58. The predicted molar refractivity (Wildman–Crippen MR) is 91.8 cm³/mol. The van der Waals surface area contributed by atoms with Gasteiger partial charge in [0.1, 0.15) is 0 Å². The van der Waals surface area contributed by atoms with E-state index in [1.165, 1.54) is 24.8 Å². The molecule has 0 aliphatic heterocycles. The summed E-state index contributed by atoms with van der Waals surface area (Å²) < 4.78 is 0. The fourth-order valence-corrected chi connectivity index (χ4v) is 6.81. The molecule has 0 spiro atoms. The van der Waals surface area contributed by atoms with Crippen LogP contribution < -0.4 is 0 Å². The largest absolute Gasteiger partial charge is 0.393 e. The first kappa shape index (κ1) is 15.6. The third-order valence-electron chi connectivity index (χ3n) is 7.89. The van der Waals surface area contributed by atoms with E-state index in [4.69, 9.17) is 0 Å². The second-order valence-electron chi connectivity index (χ2n) is 8.80. The number of rotatable bonds is 2. The van der Waals surface area contributed by atoms with Crippen molar-refractivity contribution in [2.75, 3.05) is 0 Å². The number of hydrogen-bond acceptors (Lipinski definition) is 2. The normalized spacial score (nSPS) is 49.0. The Morgan fingerprint density at radius 1 is 1.35 bits per heavy atom. The highest BCUT2D eigenvalue weighted by Crippen LogP contribution is 2.63. The van der Waals surface area contributed by atoms with E-state index in [1.807, 2.05) is 6.08 Å². The maximum absolute atomic E-state index is 11.9. The lowest BCUT2D eigenvalue weighted by molar-refractivity contribution is -0.116. The third-order valence-corrected chi connectivity index (χ3v) is 7.89. The fraction of sp³-hybridized carbons (Fsp3) is 0.762. The molecule has 1 N–H and O–H groups in total. The lowest BCUT2D eigenvalue weighted by Gasteiger charge is -2.56. The first-order chi connectivity index (χ1) is 11.0. The summed E-state index contributed by atoms with van der Waals surface area (Å²) in [5.41, 5.74) is 1.57. The summed E-state index contributed by atoms with van der Waals surface area (Å²) in [6.07, 6.45) is 12.5. The molecule has 3 fully saturated rings. The zero-order valence-electron chi connectivity index (χ0n) is 14.3. The summed E-state index contributed by atoms with van der Waals surface area (Å²) in [7, 11) is 0. The molecule has 0 bridgehead atoms. The van der Waals surface area contributed by atoms with E-state index in [-0.39, 0.29) is 11.5 Å². The minimum absolute atomic E-state index is 0.109. The Bertz CT molecular complexity index is 548. The molecule has 0 unspecified atom stereocenters. The van der Waals surface area contributed by atoms with Crippen LogP contribution in [-0.2, 0) is 4.79 Å². The quantitative estimate of drug-likeness (QED) is 0.772. The smallest absolute Gasteiger partial charge is 0.155 e. The summed E-state index contributed by atoms with van der Waals surface area (Å²) in [5, 5.41) is 10.6. The highest BCUT2D eigenvalue weighted by molar-refractivity contribution is 5.91. The Kier molecular flexibility index (Phi) is 3.79. The molecule has 7 atom stereocenters. The van der Waals surface area contributed by atoms with Crippen molar-refractivity contribution < 1.29 is 9.90 Å². The van der Waals surface area contributed by atoms with Gasteiger partial charge in [-0.25, -0.2) is 0 Å². The van der Waals surface area contributed by atoms with Gasteiger partial charge in [0.05, 0.1) is 6.10 Å². The van der Waals surface area contributed by atoms with Gasteiger partial charge in [-0.1, -0.05) is 18.6 Å². The molecule has 23 heavy (non-hydrogen) atoms. The first-order valence-electron chi connectivity index (χ1n) is 9.57. The van der Waals surface area contributed by atoms with Crippen molar-refractivity contribution in [1.82, 2.24) is 0 Å². The van der Waals surface area contributed by atoms with Crippen LogP contribution in [0.25, 0.3) is 0 Å². The van der Waals surface area contributed by atoms with E-state index < -0.39 is 0 Å². The lowest BCUT2D eigenvalue weighted by atomic mass is 9.49. The molecule has 0 aromatic carbocycles. The van der Waals surface area contributed by atoms with Gasteiger partial charge in [0.2, 0.25) is 0 Å². The molecule has 0 aromatic heterocycles. The number of aliphatic hydroxyl groups is 1. The zero-order valence-corrected chi connectivity index (χ0v) is 14.3. The number of hydrogen-bond donors (Lipinski definition) is 1. The van der Waals surface area contributed by atoms with E-state index in [1.54, 1.807) is 0 Å². The van der Waals surface area contributed by atoms with E-state index in [2.05, 4.69) is 19.6 Å². The molecule has 4 aliphatic rings. The van der Waals surface area contributed by atoms with E-state index in [9.17, 15) is 9.90 Å². The van der Waals surface area contributed by atoms with Crippen molar-refractivity contribution in [3.63, 3.8) is 0 Å². The summed E-state index contributed by atoms with van der Waals surface area (Å²) in [4.78, 5) is 11.9. The maximum Gasteiger partial charge on any atom is 0.155 e. The van der Waals surface area contributed by atoms with Crippen LogP contribution in [0, 0.1) is 35.0 Å². The van der Waals surface area contributed by atoms with Gasteiger partial charge in [-0.05, 0) is 86.0 Å². The lowest BCUT2D eigenvalue weighted by Crippen LogP contribution is -2.50. The summed E-state index contributed by atoms with van der Waals surface area (Å²) in [5.74, 6) is 3.72. The van der Waals surface area contributed by atoms with Crippen molar-refractivity contribution in [3.05, 3.63) is 24.3 Å². The van der Waals surface area contributed by atoms with Gasteiger partial charge in [-0.2, -0.15) is 0 Å². The molecule has 0 amide bonds. The number of ketones is 1. The minimum Gasteiger partial charge on any atom is -0.393 e. The molecule has 0 saturated heterocycles.